The maximum absolute atomic E-state index is 13.2. The highest BCUT2D eigenvalue weighted by molar-refractivity contribution is 6.22. The van der Waals surface area contributed by atoms with Crippen LogP contribution in [0.2, 0.25) is 0 Å². The van der Waals surface area contributed by atoms with Crippen molar-refractivity contribution >= 4 is 39.2 Å². The molecule has 39 heavy (non-hydrogen) atoms. The molecule has 4 aromatic rings. The number of carbonyl (C=O) groups excluding carboxylic acids is 1. The van der Waals surface area contributed by atoms with E-state index in [-0.39, 0.29) is 23.5 Å². The molecule has 9 rings (SSSR count). The van der Waals surface area contributed by atoms with Crippen LogP contribution in [0.5, 0.6) is 5.75 Å². The van der Waals surface area contributed by atoms with Gasteiger partial charge in [0.2, 0.25) is 0 Å². The van der Waals surface area contributed by atoms with E-state index in [0.29, 0.717) is 0 Å². The third-order valence-electron chi connectivity index (χ3n) is 9.78. The lowest BCUT2D eigenvalue weighted by molar-refractivity contribution is -0.118. The number of carbonyl (C=O) groups is 1. The fraction of sp³-hybridized carbons (Fsp3) is 0.194. The van der Waals surface area contributed by atoms with Gasteiger partial charge in [0.05, 0.1) is 20.1 Å². The van der Waals surface area contributed by atoms with Crippen molar-refractivity contribution in [3.63, 3.8) is 0 Å². The van der Waals surface area contributed by atoms with Gasteiger partial charge in [0.15, 0.2) is 5.78 Å². The van der Waals surface area contributed by atoms with E-state index < -0.39 is 0 Å². The zero-order valence-corrected chi connectivity index (χ0v) is 21.9. The van der Waals surface area contributed by atoms with E-state index in [1.165, 1.54) is 60.3 Å². The predicted molar refractivity (Wildman–Crippen MR) is 156 cm³/mol. The Balaban J connectivity index is 1.47. The second kappa shape index (κ2) is 7.39. The molecule has 0 amide bonds. The van der Waals surface area contributed by atoms with Crippen molar-refractivity contribution in [1.82, 2.24) is 0 Å². The van der Waals surface area contributed by atoms with Gasteiger partial charge in [-0.05, 0) is 74.9 Å². The molecule has 0 saturated heterocycles. The molecule has 5 aliphatic carbocycles. The molecule has 3 unspecified atom stereocenters. The number of allylic oxidation sites excluding steroid dienone is 7. The first kappa shape index (κ1) is 21.6. The molecular formula is C36H26O3. The Morgan fingerprint density at radius 3 is 2.54 bits per heavy atom. The Kier molecular flexibility index (Phi) is 4.08. The molecule has 1 saturated carbocycles. The number of ether oxygens (including phenoxy) is 2. The summed E-state index contributed by atoms with van der Waals surface area (Å²) < 4.78 is 12.4. The Hall–Kier alpha value is -4.37. The Labute approximate surface area is 226 Å². The number of hydrogen-bond donors (Lipinski definition) is 0. The van der Waals surface area contributed by atoms with Crippen molar-refractivity contribution in [3.05, 3.63) is 111 Å². The van der Waals surface area contributed by atoms with Crippen LogP contribution in [0, 0.1) is 11.8 Å². The lowest BCUT2D eigenvalue weighted by Gasteiger charge is -2.45. The summed E-state index contributed by atoms with van der Waals surface area (Å²) in [5.41, 5.74) is 10.3. The highest BCUT2D eigenvalue weighted by Crippen LogP contribution is 2.57. The van der Waals surface area contributed by atoms with E-state index in [4.69, 9.17) is 9.47 Å². The lowest BCUT2D eigenvalue weighted by atomic mass is 9.58. The summed E-state index contributed by atoms with van der Waals surface area (Å²) in [6.45, 7) is 0. The summed E-state index contributed by atoms with van der Waals surface area (Å²) in [5, 5.41) is 6.22. The summed E-state index contributed by atoms with van der Waals surface area (Å²) in [4.78, 5) is 13.2. The van der Waals surface area contributed by atoms with Gasteiger partial charge in [-0.25, -0.2) is 0 Å². The van der Waals surface area contributed by atoms with E-state index in [1.807, 2.05) is 6.08 Å². The van der Waals surface area contributed by atoms with E-state index in [9.17, 15) is 4.79 Å². The van der Waals surface area contributed by atoms with Crippen LogP contribution < -0.4 is 9.96 Å². The molecule has 0 N–H and O–H groups in total. The molecule has 0 radical (unpaired) electrons. The van der Waals surface area contributed by atoms with Gasteiger partial charge in [-0.2, -0.15) is 0 Å². The van der Waals surface area contributed by atoms with Crippen LogP contribution in [-0.2, 0) is 16.0 Å². The normalized spacial score (nSPS) is 23.3. The smallest absolute Gasteiger partial charge is 0.163 e. The van der Waals surface area contributed by atoms with Crippen LogP contribution in [0.1, 0.15) is 34.6 Å². The van der Waals surface area contributed by atoms with Gasteiger partial charge in [-0.3, -0.25) is 4.79 Å². The van der Waals surface area contributed by atoms with Crippen molar-refractivity contribution in [2.24, 2.45) is 11.8 Å². The first-order valence-corrected chi connectivity index (χ1v) is 13.8. The zero-order valence-electron chi connectivity index (χ0n) is 21.9. The van der Waals surface area contributed by atoms with Crippen molar-refractivity contribution in [3.8, 4) is 16.9 Å². The van der Waals surface area contributed by atoms with Crippen LogP contribution in [0.4, 0.5) is 0 Å². The second-order valence-electron chi connectivity index (χ2n) is 11.4. The standard InChI is InChI=1S/C36H26O3/c1-38-28-16-25-22-8-4-3-6-18(22)14-20-10-12-23-24-13-11-21-15-19-7-5-9-27(37)30(19)26-17-29(39-2)36(34(24)32(21)26)35(28)33(23)31(20)25/h3-13,16-17,26,30,32H,14-15H2,1-2H3. The molecule has 0 aliphatic heterocycles. The average Bonchev–Trinajstić information content (AvgIpc) is 2.97. The van der Waals surface area contributed by atoms with Gasteiger partial charge >= 0.3 is 0 Å². The summed E-state index contributed by atoms with van der Waals surface area (Å²) in [6.07, 6.45) is 14.4. The molecule has 4 aromatic carbocycles. The molecule has 3 nitrogen and oxygen atoms in total. The van der Waals surface area contributed by atoms with Gasteiger partial charge in [0, 0.05) is 28.2 Å². The SMILES string of the molecule is COC1=CC2C3C(=O)C=CC=C3CC3=CC=c4c(c1c1c(OC)cc5c6c(ccc4c61)Cc1ccccc1-5)C32. The minimum absolute atomic E-state index is 0.0402. The molecule has 188 valence electrons. The molecule has 0 bridgehead atoms. The highest BCUT2D eigenvalue weighted by Gasteiger charge is 2.47. The van der Waals surface area contributed by atoms with Crippen molar-refractivity contribution < 1.29 is 14.3 Å². The number of hydrogen-bond acceptors (Lipinski definition) is 3. The molecule has 0 aromatic heterocycles. The molecule has 3 atom stereocenters. The summed E-state index contributed by atoms with van der Waals surface area (Å²) in [7, 11) is 3.53. The summed E-state index contributed by atoms with van der Waals surface area (Å²) >= 11 is 0. The van der Waals surface area contributed by atoms with Crippen molar-refractivity contribution in [1.29, 1.82) is 0 Å². The number of ketones is 1. The molecule has 1 fully saturated rings. The van der Waals surface area contributed by atoms with Crippen LogP contribution >= 0.6 is 0 Å². The monoisotopic (exact) mass is 506 g/mol. The molecule has 0 heterocycles. The largest absolute Gasteiger partial charge is 0.496 e. The second-order valence-corrected chi connectivity index (χ2v) is 11.4. The van der Waals surface area contributed by atoms with E-state index in [0.717, 1.165) is 35.3 Å². The Morgan fingerprint density at radius 2 is 1.67 bits per heavy atom. The van der Waals surface area contributed by atoms with Crippen LogP contribution in [0.3, 0.4) is 0 Å². The number of methoxy groups -OCH3 is 2. The first-order chi connectivity index (χ1) is 19.2. The Bertz CT molecular complexity index is 2020. The minimum atomic E-state index is -0.133. The molecule has 0 spiro atoms. The third-order valence-corrected chi connectivity index (χ3v) is 9.78. The predicted octanol–water partition coefficient (Wildman–Crippen LogP) is 6.80. The minimum Gasteiger partial charge on any atom is -0.496 e. The first-order valence-electron chi connectivity index (χ1n) is 13.8. The van der Waals surface area contributed by atoms with Crippen molar-refractivity contribution in [2.45, 2.75) is 18.8 Å². The van der Waals surface area contributed by atoms with E-state index >= 15 is 0 Å². The number of benzene rings is 4. The van der Waals surface area contributed by atoms with Gasteiger partial charge < -0.3 is 9.47 Å². The average molecular weight is 507 g/mol. The van der Waals surface area contributed by atoms with Crippen LogP contribution in [0.15, 0.2) is 84.0 Å². The topological polar surface area (TPSA) is 35.5 Å². The van der Waals surface area contributed by atoms with Gasteiger partial charge in [0.1, 0.15) is 11.5 Å². The summed E-state index contributed by atoms with van der Waals surface area (Å²) in [5.74, 6) is 1.98. The molecular weight excluding hydrogens is 480 g/mol. The van der Waals surface area contributed by atoms with Crippen molar-refractivity contribution in [2.75, 3.05) is 14.2 Å². The van der Waals surface area contributed by atoms with Gasteiger partial charge in [0.25, 0.3) is 0 Å². The van der Waals surface area contributed by atoms with E-state index in [2.05, 4.69) is 66.8 Å². The third kappa shape index (κ3) is 2.56. The van der Waals surface area contributed by atoms with Crippen LogP contribution in [0.25, 0.3) is 44.5 Å². The molecule has 5 aliphatic rings. The maximum atomic E-state index is 13.2. The van der Waals surface area contributed by atoms with Crippen LogP contribution in [-0.4, -0.2) is 20.0 Å². The fourth-order valence-corrected chi connectivity index (χ4v) is 8.32. The fourth-order valence-electron chi connectivity index (χ4n) is 8.32. The zero-order chi connectivity index (χ0) is 26.0. The summed E-state index contributed by atoms with van der Waals surface area (Å²) in [6, 6.07) is 15.6. The molecule has 3 heteroatoms. The van der Waals surface area contributed by atoms with E-state index in [1.54, 1.807) is 20.3 Å². The number of fused-ring (bicyclic) bond motifs is 6. The number of rotatable bonds is 2. The Morgan fingerprint density at radius 1 is 0.795 bits per heavy atom. The maximum Gasteiger partial charge on any atom is 0.163 e. The quantitative estimate of drug-likeness (QED) is 0.264. The lowest BCUT2D eigenvalue weighted by Crippen LogP contribution is -2.40. The highest BCUT2D eigenvalue weighted by atomic mass is 16.5. The van der Waals surface area contributed by atoms with Gasteiger partial charge in [-0.15, -0.1) is 0 Å². The van der Waals surface area contributed by atoms with Gasteiger partial charge in [-0.1, -0.05) is 71.8 Å².